The number of anilines is 1. The van der Waals surface area contributed by atoms with Crippen LogP contribution >= 0.6 is 11.6 Å². The quantitative estimate of drug-likeness (QED) is 0.354. The first-order chi connectivity index (χ1) is 14.6. The summed E-state index contributed by atoms with van der Waals surface area (Å²) in [5, 5.41) is 18.8. The van der Waals surface area contributed by atoms with E-state index in [0.29, 0.717) is 22.7 Å². The second-order valence-corrected chi connectivity index (χ2v) is 8.48. The zero-order chi connectivity index (χ0) is 22.8. The molecule has 3 rings (SSSR count). The van der Waals surface area contributed by atoms with Gasteiger partial charge in [-0.05, 0) is 55.7 Å². The van der Waals surface area contributed by atoms with Crippen molar-refractivity contribution in [1.29, 1.82) is 0 Å². The van der Waals surface area contributed by atoms with Gasteiger partial charge in [-0.25, -0.2) is 4.85 Å². The van der Waals surface area contributed by atoms with Crippen molar-refractivity contribution < 1.29 is 22.5 Å². The van der Waals surface area contributed by atoms with E-state index in [1.807, 2.05) is 11.6 Å². The number of aliphatic hydroxyl groups excluding tert-OH is 1. The number of aromatic nitrogens is 2. The molecule has 0 bridgehead atoms. The molecule has 2 aromatic carbocycles. The smallest absolute Gasteiger partial charge is 0.357 e. The fraction of sp³-hybridized carbons (Fsp3) is 0.250. The summed E-state index contributed by atoms with van der Waals surface area (Å²) in [5.41, 5.74) is 2.67. The number of benzene rings is 2. The van der Waals surface area contributed by atoms with Gasteiger partial charge in [0.1, 0.15) is 0 Å². The Morgan fingerprint density at radius 2 is 1.90 bits per heavy atom. The summed E-state index contributed by atoms with van der Waals surface area (Å²) in [5.74, 6) is -0.0811. The highest BCUT2D eigenvalue weighted by Gasteiger charge is 2.26. The van der Waals surface area contributed by atoms with Gasteiger partial charge in [0, 0.05) is 5.56 Å². The lowest BCUT2D eigenvalue weighted by Crippen LogP contribution is -2.18. The fourth-order valence-corrected chi connectivity index (χ4v) is 3.71. The van der Waals surface area contributed by atoms with Gasteiger partial charge in [0.05, 0.1) is 29.3 Å². The van der Waals surface area contributed by atoms with Gasteiger partial charge in [-0.15, -0.1) is 10.2 Å². The van der Waals surface area contributed by atoms with Crippen LogP contribution in [0.1, 0.15) is 29.9 Å². The Kier molecular flexibility index (Phi) is 6.62. The maximum Gasteiger partial charge on any atom is 0.357 e. The molecule has 0 aliphatic rings. The topological polar surface area (TPSA) is 130 Å². The Hall–Kier alpha value is -2.97. The minimum absolute atomic E-state index is 0.170. The van der Waals surface area contributed by atoms with E-state index in [0.717, 1.165) is 11.1 Å². The number of nitrogens with one attached hydrogen (secondary N) is 1. The van der Waals surface area contributed by atoms with E-state index in [9.17, 15) is 13.5 Å². The van der Waals surface area contributed by atoms with Gasteiger partial charge >= 0.3 is 10.3 Å². The summed E-state index contributed by atoms with van der Waals surface area (Å²) in [4.78, 5) is 3.38. The van der Waals surface area contributed by atoms with Crippen LogP contribution in [0.15, 0.2) is 40.8 Å². The van der Waals surface area contributed by atoms with Crippen LogP contribution in [-0.4, -0.2) is 34.4 Å². The molecular formula is C20H19ClN4O5S. The number of hydrogen-bond donors (Lipinski definition) is 3. The minimum atomic E-state index is -4.37. The Bertz CT molecular complexity index is 1230. The van der Waals surface area contributed by atoms with Crippen LogP contribution in [0.5, 0.6) is 0 Å². The third kappa shape index (κ3) is 5.39. The Morgan fingerprint density at radius 3 is 2.48 bits per heavy atom. The maximum atomic E-state index is 10.9. The van der Waals surface area contributed by atoms with Crippen molar-refractivity contribution in [3.05, 3.63) is 69.9 Å². The predicted octanol–water partition coefficient (Wildman–Crippen LogP) is 4.17. The van der Waals surface area contributed by atoms with Gasteiger partial charge in [0.25, 0.3) is 0 Å². The summed E-state index contributed by atoms with van der Waals surface area (Å²) >= 11 is 6.26. The molecule has 3 aromatic rings. The number of nitrogens with zero attached hydrogens (tertiary/aromatic N) is 3. The Balaban J connectivity index is 1.85. The van der Waals surface area contributed by atoms with Crippen molar-refractivity contribution in [3.63, 3.8) is 0 Å². The van der Waals surface area contributed by atoms with E-state index in [-0.39, 0.29) is 17.5 Å². The van der Waals surface area contributed by atoms with Crippen molar-refractivity contribution in [2.75, 3.05) is 4.72 Å². The molecule has 1 aromatic heterocycles. The van der Waals surface area contributed by atoms with Crippen LogP contribution in [0.3, 0.4) is 0 Å². The van der Waals surface area contributed by atoms with E-state index in [1.165, 1.54) is 12.1 Å². The van der Waals surface area contributed by atoms with Crippen LogP contribution in [0.2, 0.25) is 5.02 Å². The van der Waals surface area contributed by atoms with Gasteiger partial charge in [-0.2, -0.15) is 8.42 Å². The molecule has 162 valence electrons. The van der Waals surface area contributed by atoms with Gasteiger partial charge in [0.2, 0.25) is 17.5 Å². The van der Waals surface area contributed by atoms with Gasteiger partial charge in [-0.3, -0.25) is 9.27 Å². The summed E-state index contributed by atoms with van der Waals surface area (Å²) in [7, 11) is -4.37. The highest BCUT2D eigenvalue weighted by Crippen LogP contribution is 2.34. The van der Waals surface area contributed by atoms with Crippen molar-refractivity contribution in [2.24, 2.45) is 0 Å². The molecule has 0 radical (unpaired) electrons. The molecule has 0 spiro atoms. The predicted molar refractivity (Wildman–Crippen MR) is 115 cm³/mol. The average Bonchev–Trinajstić information content (AvgIpc) is 3.18. The first kappa shape index (κ1) is 22.7. The number of halogens is 1. The second kappa shape index (κ2) is 9.03. The molecule has 0 unspecified atom stereocenters. The lowest BCUT2D eigenvalue weighted by Gasteiger charge is -2.18. The van der Waals surface area contributed by atoms with Crippen LogP contribution in [0.25, 0.3) is 16.3 Å². The van der Waals surface area contributed by atoms with Gasteiger partial charge < -0.3 is 9.52 Å². The molecule has 11 heteroatoms. The lowest BCUT2D eigenvalue weighted by atomic mass is 9.92. The monoisotopic (exact) mass is 462 g/mol. The molecule has 0 saturated heterocycles. The fourth-order valence-electron chi connectivity index (χ4n) is 3.05. The second-order valence-electron chi connectivity index (χ2n) is 6.95. The first-order valence-electron chi connectivity index (χ1n) is 9.11. The number of hydrogen-bond acceptors (Lipinski definition) is 6. The lowest BCUT2D eigenvalue weighted by molar-refractivity contribution is 0.148. The third-order valence-corrected chi connectivity index (χ3v) is 5.73. The molecule has 1 heterocycles. The number of aliphatic hydroxyl groups is 1. The molecule has 2 atom stereocenters. The van der Waals surface area contributed by atoms with Gasteiger partial charge in [-0.1, -0.05) is 23.7 Å². The first-order valence-corrected chi connectivity index (χ1v) is 10.9. The number of rotatable bonds is 7. The molecule has 31 heavy (non-hydrogen) atoms. The highest BCUT2D eigenvalue weighted by atomic mass is 35.5. The van der Waals surface area contributed by atoms with Crippen LogP contribution in [-0.2, 0) is 16.7 Å². The van der Waals surface area contributed by atoms with Crippen LogP contribution in [0, 0.1) is 13.5 Å². The van der Waals surface area contributed by atoms with Crippen LogP contribution in [0.4, 0.5) is 11.4 Å². The molecular weight excluding hydrogens is 444 g/mol. The standard InChI is InChI=1S/C20H19ClN4O5S/c1-11-14(6-9-17(22-3)18(11)21)10-16(12(2)26)20-24-23-19(30-20)13-4-7-15(8-5-13)25-31(27,28)29/h4-9,12,16,25-26H,10H2,1-2H3,(H,27,28,29)/t12-,16+/m0/s1. The molecule has 0 amide bonds. The minimum Gasteiger partial charge on any atom is -0.420 e. The van der Waals surface area contributed by atoms with Crippen molar-refractivity contribution in [3.8, 4) is 11.5 Å². The summed E-state index contributed by atoms with van der Waals surface area (Å²) in [6, 6.07) is 9.40. The third-order valence-electron chi connectivity index (χ3n) is 4.76. The zero-order valence-electron chi connectivity index (χ0n) is 16.6. The summed E-state index contributed by atoms with van der Waals surface area (Å²) in [6.07, 6.45) is -0.422. The van der Waals surface area contributed by atoms with E-state index < -0.39 is 22.3 Å². The highest BCUT2D eigenvalue weighted by molar-refractivity contribution is 7.87. The maximum absolute atomic E-state index is 10.9. The van der Waals surface area contributed by atoms with Crippen molar-refractivity contribution in [1.82, 2.24) is 10.2 Å². The Morgan fingerprint density at radius 1 is 1.23 bits per heavy atom. The molecule has 9 nitrogen and oxygen atoms in total. The van der Waals surface area contributed by atoms with E-state index in [1.54, 1.807) is 31.2 Å². The summed E-state index contributed by atoms with van der Waals surface area (Å²) < 4.78 is 38.3. The molecule has 0 aliphatic carbocycles. The zero-order valence-corrected chi connectivity index (χ0v) is 18.1. The molecule has 0 aliphatic heterocycles. The van der Waals surface area contributed by atoms with Crippen molar-refractivity contribution in [2.45, 2.75) is 32.3 Å². The molecule has 3 N–H and O–H groups in total. The van der Waals surface area contributed by atoms with E-state index in [2.05, 4.69) is 15.0 Å². The van der Waals surface area contributed by atoms with E-state index >= 15 is 0 Å². The average molecular weight is 463 g/mol. The molecule has 0 fully saturated rings. The largest absolute Gasteiger partial charge is 0.420 e. The normalized spacial score (nSPS) is 13.4. The summed E-state index contributed by atoms with van der Waals surface area (Å²) in [6.45, 7) is 10.6. The van der Waals surface area contributed by atoms with Crippen molar-refractivity contribution >= 4 is 33.3 Å². The Labute approximate surface area is 184 Å². The van der Waals surface area contributed by atoms with Crippen LogP contribution < -0.4 is 4.72 Å². The van der Waals surface area contributed by atoms with Gasteiger partial charge in [0.15, 0.2) is 0 Å². The van der Waals surface area contributed by atoms with E-state index in [4.69, 9.17) is 27.1 Å². The molecule has 0 saturated carbocycles. The SMILES string of the molecule is [C-]#[N+]c1ccc(C[C@@H](c2nnc(-c3ccc(NS(=O)(=O)O)cc3)o2)[C@H](C)O)c(C)c1Cl.